The van der Waals surface area contributed by atoms with Crippen molar-refractivity contribution in [3.63, 3.8) is 0 Å². The molecule has 0 atom stereocenters. The Morgan fingerprint density at radius 3 is 2.56 bits per heavy atom. The largest absolute Gasteiger partial charge is 0.489 e. The van der Waals surface area contributed by atoms with E-state index in [9.17, 15) is 4.79 Å². The first-order chi connectivity index (χ1) is 13.2. The number of ether oxygens (including phenoxy) is 1. The highest BCUT2D eigenvalue weighted by atomic mass is 35.5. The van der Waals surface area contributed by atoms with Crippen LogP contribution in [0.3, 0.4) is 0 Å². The van der Waals surface area contributed by atoms with Crippen LogP contribution in [-0.4, -0.2) is 6.03 Å². The molecule has 1 aliphatic heterocycles. The first-order valence-corrected chi connectivity index (χ1v) is 8.86. The van der Waals surface area contributed by atoms with E-state index in [2.05, 4.69) is 15.3 Å². The quantitative estimate of drug-likeness (QED) is 0.708. The number of anilines is 1. The molecule has 0 fully saturated rings. The summed E-state index contributed by atoms with van der Waals surface area (Å²) in [6, 6.07) is 20.5. The molecular formula is C21H16ClN3O2. The second kappa shape index (κ2) is 7.60. The minimum absolute atomic E-state index is 0.455. The van der Waals surface area contributed by atoms with E-state index >= 15 is 0 Å². The van der Waals surface area contributed by atoms with Crippen LogP contribution in [-0.2, 0) is 13.2 Å². The lowest BCUT2D eigenvalue weighted by Gasteiger charge is -2.13. The number of carbonyl (C=O) groups is 1. The molecule has 0 spiro atoms. The number of nitrogens with zero attached hydrogens (tertiary/aromatic N) is 2. The molecule has 0 aromatic heterocycles. The molecule has 3 aromatic rings. The van der Waals surface area contributed by atoms with Gasteiger partial charge >= 0.3 is 6.03 Å². The SMILES string of the molecule is O=C1N=c2ccc(NCc3ccccc3OCc3ccc(Cl)cc3)cc2=N1. The predicted molar refractivity (Wildman–Crippen MR) is 104 cm³/mol. The lowest BCUT2D eigenvalue weighted by Crippen LogP contribution is -2.21. The molecule has 5 nitrogen and oxygen atoms in total. The average Bonchev–Trinajstić information content (AvgIpc) is 3.06. The van der Waals surface area contributed by atoms with E-state index in [0.717, 1.165) is 22.6 Å². The fourth-order valence-corrected chi connectivity index (χ4v) is 2.90. The zero-order chi connectivity index (χ0) is 18.6. The molecule has 6 heteroatoms. The Kier molecular flexibility index (Phi) is 4.85. The maximum absolute atomic E-state index is 11.3. The summed E-state index contributed by atoms with van der Waals surface area (Å²) in [6.45, 7) is 1.05. The van der Waals surface area contributed by atoms with Gasteiger partial charge in [0.25, 0.3) is 0 Å². The maximum atomic E-state index is 11.3. The highest BCUT2D eigenvalue weighted by molar-refractivity contribution is 6.30. The minimum atomic E-state index is -0.455. The van der Waals surface area contributed by atoms with Crippen LogP contribution in [0.4, 0.5) is 10.5 Å². The molecule has 0 bridgehead atoms. The van der Waals surface area contributed by atoms with Crippen LogP contribution in [0.1, 0.15) is 11.1 Å². The lowest BCUT2D eigenvalue weighted by molar-refractivity contribution is 0.256. The molecule has 4 rings (SSSR count). The van der Waals surface area contributed by atoms with Crippen molar-refractivity contribution in [2.45, 2.75) is 13.2 Å². The highest BCUT2D eigenvalue weighted by Crippen LogP contribution is 2.21. The molecule has 1 aliphatic rings. The molecule has 0 saturated carbocycles. The van der Waals surface area contributed by atoms with Crippen LogP contribution in [0.25, 0.3) is 0 Å². The van der Waals surface area contributed by atoms with Crippen molar-refractivity contribution in [2.75, 3.05) is 5.32 Å². The number of urea groups is 1. The number of rotatable bonds is 6. The van der Waals surface area contributed by atoms with E-state index in [4.69, 9.17) is 16.3 Å². The number of benzene rings is 3. The summed E-state index contributed by atoms with van der Waals surface area (Å²) in [4.78, 5) is 19.0. The number of hydrogen-bond acceptors (Lipinski definition) is 3. The van der Waals surface area contributed by atoms with Gasteiger partial charge in [-0.3, -0.25) is 0 Å². The Hall–Kier alpha value is -3.18. The number of para-hydroxylation sites is 1. The third-order valence-electron chi connectivity index (χ3n) is 4.17. The van der Waals surface area contributed by atoms with Gasteiger partial charge < -0.3 is 10.1 Å². The standard InChI is InChI=1S/C21H16ClN3O2/c22-16-7-5-14(6-8-16)13-27-20-4-2-1-3-15(20)12-23-17-9-10-18-19(11-17)25-21(26)24-18/h1-11,23H,12-13H2. The summed E-state index contributed by atoms with van der Waals surface area (Å²) in [6.07, 6.45) is 0. The van der Waals surface area contributed by atoms with Gasteiger partial charge in [0, 0.05) is 22.8 Å². The van der Waals surface area contributed by atoms with Crippen molar-refractivity contribution in [2.24, 2.45) is 9.98 Å². The topological polar surface area (TPSA) is 63.0 Å². The molecule has 1 heterocycles. The smallest absolute Gasteiger partial charge is 0.368 e. The van der Waals surface area contributed by atoms with Gasteiger partial charge in [-0.25, -0.2) is 4.79 Å². The molecule has 0 unspecified atom stereocenters. The van der Waals surface area contributed by atoms with Crippen LogP contribution >= 0.6 is 11.6 Å². The average molecular weight is 378 g/mol. The zero-order valence-corrected chi connectivity index (χ0v) is 15.1. The van der Waals surface area contributed by atoms with Crippen LogP contribution < -0.4 is 20.8 Å². The summed E-state index contributed by atoms with van der Waals surface area (Å²) in [7, 11) is 0. The van der Waals surface area contributed by atoms with Gasteiger partial charge in [0.1, 0.15) is 12.4 Å². The Morgan fingerprint density at radius 1 is 0.926 bits per heavy atom. The van der Waals surface area contributed by atoms with Gasteiger partial charge in [-0.2, -0.15) is 9.98 Å². The Morgan fingerprint density at radius 2 is 1.70 bits per heavy atom. The molecule has 0 aliphatic carbocycles. The van der Waals surface area contributed by atoms with E-state index in [1.54, 1.807) is 6.07 Å². The number of hydrogen-bond donors (Lipinski definition) is 1. The van der Waals surface area contributed by atoms with Crippen molar-refractivity contribution in [3.8, 4) is 5.75 Å². The van der Waals surface area contributed by atoms with E-state index in [1.165, 1.54) is 0 Å². The molecule has 0 radical (unpaired) electrons. The number of carbonyl (C=O) groups excluding carboxylic acids is 1. The predicted octanol–water partition coefficient (Wildman–Crippen LogP) is 3.90. The third kappa shape index (κ3) is 4.15. The van der Waals surface area contributed by atoms with E-state index < -0.39 is 6.03 Å². The zero-order valence-electron chi connectivity index (χ0n) is 14.4. The second-order valence-electron chi connectivity index (χ2n) is 6.09. The molecule has 3 aromatic carbocycles. The van der Waals surface area contributed by atoms with Crippen LogP contribution in [0.2, 0.25) is 5.02 Å². The van der Waals surface area contributed by atoms with Gasteiger partial charge in [-0.15, -0.1) is 0 Å². The van der Waals surface area contributed by atoms with Crippen molar-refractivity contribution in [1.29, 1.82) is 0 Å². The first kappa shape index (κ1) is 17.2. The molecular weight excluding hydrogens is 362 g/mol. The van der Waals surface area contributed by atoms with Gasteiger partial charge in [0.05, 0.1) is 10.7 Å². The van der Waals surface area contributed by atoms with Crippen molar-refractivity contribution >= 4 is 23.3 Å². The summed E-state index contributed by atoms with van der Waals surface area (Å²) >= 11 is 5.92. The number of fused-ring (bicyclic) bond motifs is 1. The number of nitrogens with one attached hydrogen (secondary N) is 1. The van der Waals surface area contributed by atoms with Crippen LogP contribution in [0.15, 0.2) is 76.7 Å². The fraction of sp³-hybridized carbons (Fsp3) is 0.0952. The van der Waals surface area contributed by atoms with E-state index in [0.29, 0.717) is 28.9 Å². The third-order valence-corrected chi connectivity index (χ3v) is 4.42. The second-order valence-corrected chi connectivity index (χ2v) is 6.52. The minimum Gasteiger partial charge on any atom is -0.489 e. The van der Waals surface area contributed by atoms with Crippen molar-refractivity contribution in [3.05, 3.63) is 93.6 Å². The van der Waals surface area contributed by atoms with Crippen molar-refractivity contribution in [1.82, 2.24) is 0 Å². The fourth-order valence-electron chi connectivity index (χ4n) is 2.78. The molecule has 0 saturated heterocycles. The number of amides is 2. The van der Waals surface area contributed by atoms with Crippen molar-refractivity contribution < 1.29 is 9.53 Å². The van der Waals surface area contributed by atoms with Crippen LogP contribution in [0, 0.1) is 0 Å². The highest BCUT2D eigenvalue weighted by Gasteiger charge is 2.07. The summed E-state index contributed by atoms with van der Waals surface area (Å²) in [5.74, 6) is 0.816. The monoisotopic (exact) mass is 377 g/mol. The molecule has 134 valence electrons. The van der Waals surface area contributed by atoms with E-state index in [1.807, 2.05) is 60.7 Å². The Bertz CT molecular complexity index is 1110. The molecule has 2 amide bonds. The van der Waals surface area contributed by atoms with Gasteiger partial charge in [-0.05, 0) is 42.0 Å². The van der Waals surface area contributed by atoms with E-state index in [-0.39, 0.29) is 0 Å². The van der Waals surface area contributed by atoms with Gasteiger partial charge in [0.15, 0.2) is 0 Å². The molecule has 27 heavy (non-hydrogen) atoms. The lowest BCUT2D eigenvalue weighted by atomic mass is 10.2. The summed E-state index contributed by atoms with van der Waals surface area (Å²) in [5.41, 5.74) is 2.95. The summed E-state index contributed by atoms with van der Waals surface area (Å²) < 4.78 is 5.98. The number of halogens is 1. The molecule has 1 N–H and O–H groups in total. The normalized spacial score (nSPS) is 12.1. The maximum Gasteiger partial charge on any atom is 0.368 e. The summed E-state index contributed by atoms with van der Waals surface area (Å²) in [5, 5.41) is 5.25. The Balaban J connectivity index is 1.45. The first-order valence-electron chi connectivity index (χ1n) is 8.48. The van der Waals surface area contributed by atoms with Crippen LogP contribution in [0.5, 0.6) is 5.75 Å². The Labute approximate surface area is 161 Å². The van der Waals surface area contributed by atoms with Gasteiger partial charge in [-0.1, -0.05) is 41.9 Å². The van der Waals surface area contributed by atoms with Gasteiger partial charge in [0.2, 0.25) is 0 Å².